The molecule has 10 nitrogen and oxygen atoms in total. The van der Waals surface area contributed by atoms with Gasteiger partial charge in [0.1, 0.15) is 5.70 Å². The lowest BCUT2D eigenvalue weighted by Gasteiger charge is -2.14. The summed E-state index contributed by atoms with van der Waals surface area (Å²) in [5.41, 5.74) is 3.26. The van der Waals surface area contributed by atoms with Crippen molar-refractivity contribution in [1.82, 2.24) is 10.3 Å². The number of nitrogens with zero attached hydrogens (tertiary/aromatic N) is 2. The maximum Gasteiger partial charge on any atom is 0.311 e. The molecule has 0 unspecified atom stereocenters. The van der Waals surface area contributed by atoms with E-state index in [1.54, 1.807) is 60.8 Å². The molecule has 4 rings (SSSR count). The molecule has 3 N–H and O–H groups in total. The van der Waals surface area contributed by atoms with E-state index in [-0.39, 0.29) is 29.7 Å². The van der Waals surface area contributed by atoms with Crippen molar-refractivity contribution in [2.24, 2.45) is 0 Å². The first-order valence-corrected chi connectivity index (χ1v) is 15.9. The maximum absolute atomic E-state index is 13.4. The molecule has 1 heterocycles. The van der Waals surface area contributed by atoms with Gasteiger partial charge in [-0.3, -0.25) is 19.2 Å². The molecule has 45 heavy (non-hydrogen) atoms. The Kier molecular flexibility index (Phi) is 11.9. The number of thioether (sulfide) groups is 1. The lowest BCUT2D eigenvalue weighted by atomic mass is 10.1. The van der Waals surface area contributed by atoms with Crippen molar-refractivity contribution >= 4 is 69.4 Å². The van der Waals surface area contributed by atoms with Crippen LogP contribution in [0.3, 0.4) is 0 Å². The summed E-state index contributed by atoms with van der Waals surface area (Å²) in [5.74, 6) is -1.45. The Morgan fingerprint density at radius 2 is 1.71 bits per heavy atom. The number of thiazole rings is 1. The minimum Gasteiger partial charge on any atom is -0.466 e. The van der Waals surface area contributed by atoms with Crippen LogP contribution in [0.4, 0.5) is 16.5 Å². The van der Waals surface area contributed by atoms with E-state index in [1.165, 1.54) is 23.1 Å². The molecule has 0 radical (unpaired) electrons. The zero-order valence-corrected chi connectivity index (χ0v) is 26.7. The van der Waals surface area contributed by atoms with Gasteiger partial charge < -0.3 is 25.6 Å². The predicted octanol–water partition coefficient (Wildman–Crippen LogP) is 5.46. The Balaban J connectivity index is 1.40. The Bertz CT molecular complexity index is 1670. The molecule has 0 atom stereocenters. The fourth-order valence-electron chi connectivity index (χ4n) is 3.95. The van der Waals surface area contributed by atoms with Crippen molar-refractivity contribution < 1.29 is 23.9 Å². The first kappa shape index (κ1) is 33.0. The zero-order valence-electron chi connectivity index (χ0n) is 25.0. The number of hydrogen-bond donors (Lipinski definition) is 3. The zero-order chi connectivity index (χ0) is 32.2. The number of carbonyl (C=O) groups is 4. The Labute approximate surface area is 269 Å². The van der Waals surface area contributed by atoms with Crippen molar-refractivity contribution in [1.29, 1.82) is 0 Å². The molecule has 12 heteroatoms. The summed E-state index contributed by atoms with van der Waals surface area (Å²) in [6.45, 7) is 2.03. The highest BCUT2D eigenvalue weighted by atomic mass is 32.2. The summed E-state index contributed by atoms with van der Waals surface area (Å²) >= 11 is 2.52. The number of anilines is 3. The van der Waals surface area contributed by atoms with Gasteiger partial charge in [-0.2, -0.15) is 0 Å². The van der Waals surface area contributed by atoms with Gasteiger partial charge in [0.25, 0.3) is 11.8 Å². The molecule has 3 amide bonds. The van der Waals surface area contributed by atoms with Gasteiger partial charge in [-0.05, 0) is 61.0 Å². The topological polar surface area (TPSA) is 130 Å². The van der Waals surface area contributed by atoms with Crippen LogP contribution in [0, 0.1) is 0 Å². The Morgan fingerprint density at radius 3 is 2.42 bits per heavy atom. The van der Waals surface area contributed by atoms with Gasteiger partial charge in [-0.15, -0.1) is 23.1 Å². The van der Waals surface area contributed by atoms with Crippen LogP contribution in [0.25, 0.3) is 6.08 Å². The molecule has 1 aromatic heterocycles. The summed E-state index contributed by atoms with van der Waals surface area (Å²) in [7, 11) is 3.88. The van der Waals surface area contributed by atoms with Crippen LogP contribution in [-0.2, 0) is 25.5 Å². The highest BCUT2D eigenvalue weighted by molar-refractivity contribution is 8.00. The number of esters is 1. The predicted molar refractivity (Wildman–Crippen MR) is 180 cm³/mol. The first-order chi connectivity index (χ1) is 21.7. The smallest absolute Gasteiger partial charge is 0.311 e. The van der Waals surface area contributed by atoms with E-state index in [0.29, 0.717) is 28.7 Å². The molecule has 0 bridgehead atoms. The average Bonchev–Trinajstić information content (AvgIpc) is 3.46. The molecule has 4 aromatic rings. The van der Waals surface area contributed by atoms with Gasteiger partial charge in [-0.25, -0.2) is 4.98 Å². The molecule has 0 fully saturated rings. The maximum atomic E-state index is 13.4. The van der Waals surface area contributed by atoms with Crippen LogP contribution < -0.4 is 20.9 Å². The minimum absolute atomic E-state index is 0.0447. The lowest BCUT2D eigenvalue weighted by molar-refractivity contribution is -0.142. The van der Waals surface area contributed by atoms with Crippen molar-refractivity contribution in [3.8, 4) is 0 Å². The quantitative estimate of drug-likeness (QED) is 0.0996. The second-order valence-corrected chi connectivity index (χ2v) is 11.7. The van der Waals surface area contributed by atoms with Crippen LogP contribution in [0.15, 0.2) is 94.8 Å². The summed E-state index contributed by atoms with van der Waals surface area (Å²) in [5, 5.41) is 10.4. The van der Waals surface area contributed by atoms with E-state index in [0.717, 1.165) is 16.1 Å². The van der Waals surface area contributed by atoms with Gasteiger partial charge in [0.05, 0.1) is 24.5 Å². The number of rotatable bonds is 13. The Morgan fingerprint density at radius 1 is 0.956 bits per heavy atom. The number of hydrogen-bond acceptors (Lipinski definition) is 9. The number of benzene rings is 3. The monoisotopic (exact) mass is 643 g/mol. The highest BCUT2D eigenvalue weighted by Gasteiger charge is 2.16. The van der Waals surface area contributed by atoms with Crippen molar-refractivity contribution in [2.45, 2.75) is 18.2 Å². The van der Waals surface area contributed by atoms with Crippen LogP contribution in [0.2, 0.25) is 0 Å². The number of ether oxygens (including phenoxy) is 1. The van der Waals surface area contributed by atoms with Gasteiger partial charge >= 0.3 is 5.97 Å². The third kappa shape index (κ3) is 10.3. The molecule has 0 spiro atoms. The Hall–Kier alpha value is -4.94. The fraction of sp³-hybridized carbons (Fsp3) is 0.182. The van der Waals surface area contributed by atoms with Gasteiger partial charge in [0, 0.05) is 41.3 Å². The standard InChI is InChI=1S/C33H33N5O5S2/c1-4-43-30(40)19-25-20-45-33(35-25)37-29(39)21-44-27-12-8-11-24(18-27)34-32(42)28(36-31(41)23-9-6-5-7-10-23)17-22-13-15-26(16-14-22)38(2)3/h5-18,20H,4,19,21H2,1-3H3,(H,34,42)(H,36,41)(H,35,37,39)/b28-17+. The van der Waals surface area contributed by atoms with E-state index in [9.17, 15) is 19.2 Å². The van der Waals surface area contributed by atoms with E-state index in [2.05, 4.69) is 20.9 Å². The second-order valence-electron chi connectivity index (χ2n) is 9.81. The molecule has 0 aliphatic rings. The summed E-state index contributed by atoms with van der Waals surface area (Å²) in [6.07, 6.45) is 1.67. The fourth-order valence-corrected chi connectivity index (χ4v) is 5.43. The molecule has 0 aliphatic carbocycles. The third-order valence-corrected chi connectivity index (χ3v) is 7.94. The molecular weight excluding hydrogens is 611 g/mol. The van der Waals surface area contributed by atoms with Crippen molar-refractivity contribution in [2.75, 3.05) is 42.0 Å². The number of carbonyl (C=O) groups excluding carboxylic acids is 4. The van der Waals surface area contributed by atoms with E-state index < -0.39 is 11.8 Å². The van der Waals surface area contributed by atoms with Gasteiger partial charge in [0.2, 0.25) is 5.91 Å². The highest BCUT2D eigenvalue weighted by Crippen LogP contribution is 2.23. The third-order valence-electron chi connectivity index (χ3n) is 6.14. The average molecular weight is 644 g/mol. The molecule has 0 saturated heterocycles. The lowest BCUT2D eigenvalue weighted by Crippen LogP contribution is -2.30. The van der Waals surface area contributed by atoms with Crippen LogP contribution in [0.5, 0.6) is 0 Å². The SMILES string of the molecule is CCOC(=O)Cc1csc(NC(=O)CSc2cccc(NC(=O)/C(=C\c3ccc(N(C)C)cc3)NC(=O)c3ccccc3)c2)n1. The van der Waals surface area contributed by atoms with E-state index in [1.807, 2.05) is 55.4 Å². The van der Waals surface area contributed by atoms with Crippen LogP contribution >= 0.6 is 23.1 Å². The van der Waals surface area contributed by atoms with Gasteiger partial charge in [-0.1, -0.05) is 36.4 Å². The van der Waals surface area contributed by atoms with E-state index in [4.69, 9.17) is 4.74 Å². The largest absolute Gasteiger partial charge is 0.466 e. The summed E-state index contributed by atoms with van der Waals surface area (Å²) in [6, 6.07) is 23.3. The number of aromatic nitrogens is 1. The van der Waals surface area contributed by atoms with Gasteiger partial charge in [0.15, 0.2) is 5.13 Å². The van der Waals surface area contributed by atoms with Crippen molar-refractivity contribution in [3.05, 3.63) is 107 Å². The molecule has 3 aromatic carbocycles. The normalized spacial score (nSPS) is 11.0. The van der Waals surface area contributed by atoms with Crippen LogP contribution in [0.1, 0.15) is 28.5 Å². The first-order valence-electron chi connectivity index (χ1n) is 14.0. The summed E-state index contributed by atoms with van der Waals surface area (Å²) in [4.78, 5) is 57.6. The van der Waals surface area contributed by atoms with Crippen molar-refractivity contribution in [3.63, 3.8) is 0 Å². The molecule has 232 valence electrons. The number of amides is 3. The molecule has 0 aliphatic heterocycles. The second kappa shape index (κ2) is 16.2. The molecular formula is C33H33N5O5S2. The number of nitrogens with one attached hydrogen (secondary N) is 3. The summed E-state index contributed by atoms with van der Waals surface area (Å²) < 4.78 is 4.93. The van der Waals surface area contributed by atoms with E-state index >= 15 is 0 Å². The van der Waals surface area contributed by atoms with Crippen LogP contribution in [-0.4, -0.2) is 55.1 Å². The minimum atomic E-state index is -0.502. The molecule has 0 saturated carbocycles.